The Morgan fingerprint density at radius 3 is 0.816 bits per heavy atom. The first-order valence-electron chi connectivity index (χ1n) is 16.0. The fraction of sp³-hybridized carbons (Fsp3) is 1.00. The van der Waals surface area contributed by atoms with E-state index in [2.05, 4.69) is 34.6 Å². The van der Waals surface area contributed by atoms with Crippen LogP contribution in [0.2, 0.25) is 0 Å². The molecule has 3 N–H and O–H groups in total. The van der Waals surface area contributed by atoms with Gasteiger partial charge in [-0.05, 0) is 27.4 Å². The van der Waals surface area contributed by atoms with Crippen molar-refractivity contribution in [3.63, 3.8) is 0 Å². The van der Waals surface area contributed by atoms with E-state index in [-0.39, 0.29) is 5.41 Å². The number of unbranched alkanes of at least 4 members (excludes halogenated alkanes) is 20. The van der Waals surface area contributed by atoms with Gasteiger partial charge in [0.25, 0.3) is 0 Å². The summed E-state index contributed by atoms with van der Waals surface area (Å²) < 4.78 is 17.0. The average Bonchev–Trinajstić information content (AvgIpc) is 2.86. The molecule has 2 unspecified atom stereocenters. The zero-order valence-corrected chi connectivity index (χ0v) is 28.1. The van der Waals surface area contributed by atoms with E-state index in [9.17, 15) is 5.11 Å². The zero-order chi connectivity index (χ0) is 29.4. The lowest BCUT2D eigenvalue weighted by Crippen LogP contribution is -2.42. The second-order valence-corrected chi connectivity index (χ2v) is 12.4. The molecule has 0 saturated heterocycles. The normalized spacial score (nSPS) is 11.7. The minimum atomic E-state index is -1.17. The molecule has 0 amide bonds. The molecule has 0 aliphatic heterocycles. The van der Waals surface area contributed by atoms with Gasteiger partial charge in [0.2, 0.25) is 0 Å². The Bertz CT molecular complexity index is 438. The highest BCUT2D eigenvalue weighted by Crippen LogP contribution is 2.39. The monoisotopic (exact) mass is 582 g/mol. The molecule has 0 aromatic heterocycles. The number of hydrogen-bond acceptors (Lipinski definition) is 3. The van der Waals surface area contributed by atoms with Gasteiger partial charge < -0.3 is 5.11 Å². The van der Waals surface area contributed by atoms with Gasteiger partial charge in [-0.25, -0.2) is 0 Å². The lowest BCUT2D eigenvalue weighted by molar-refractivity contribution is -0.0743. The topological polar surface area (TPSA) is 94.8 Å². The number of rotatable bonds is 24. The lowest BCUT2D eigenvalue weighted by atomic mass is 9.70. The maximum absolute atomic E-state index is 11.4. The van der Waals surface area contributed by atoms with Crippen LogP contribution in [0, 0.1) is 5.41 Å². The molecule has 230 valence electrons. The maximum Gasteiger partial charge on any atom is 0.491 e. The molecule has 0 aromatic rings. The summed E-state index contributed by atoms with van der Waals surface area (Å²) >= 11 is 0. The third kappa shape index (κ3) is 32.3. The van der Waals surface area contributed by atoms with Gasteiger partial charge >= 0.3 is 17.4 Å². The Morgan fingerprint density at radius 2 is 0.632 bits per heavy atom. The molecular formula is C31H68O5P2+2. The Hall–Kier alpha value is 0.0800. The summed E-state index contributed by atoms with van der Waals surface area (Å²) in [5, 5.41) is 11.4. The molecule has 0 aliphatic carbocycles. The van der Waals surface area contributed by atoms with E-state index in [0.717, 1.165) is 12.8 Å². The van der Waals surface area contributed by atoms with Crippen molar-refractivity contribution in [1.82, 2.24) is 0 Å². The second-order valence-electron chi connectivity index (χ2n) is 12.0. The second kappa shape index (κ2) is 33.3. The summed E-state index contributed by atoms with van der Waals surface area (Å²) in [5.41, 5.74) is -0.491. The SMILES string of the molecule is CCCCCCCCCCCCCC(O)(CCCCCCCCCCCCC)C(C)(C)C.O=[PH+]O.O=[PH+]O. The van der Waals surface area contributed by atoms with E-state index in [1.54, 1.807) is 0 Å². The Kier molecular flexibility index (Phi) is 37.3. The van der Waals surface area contributed by atoms with Crippen LogP contribution in [0.3, 0.4) is 0 Å². The fourth-order valence-corrected chi connectivity index (χ4v) is 5.04. The number of hydrogen-bond donors (Lipinski definition) is 3. The van der Waals surface area contributed by atoms with Crippen LogP contribution in [0.1, 0.15) is 189 Å². The molecule has 7 heteroatoms. The highest BCUT2D eigenvalue weighted by molar-refractivity contribution is 7.16. The summed E-state index contributed by atoms with van der Waals surface area (Å²) in [7, 11) is -2.33. The predicted octanol–water partition coefficient (Wildman–Crippen LogP) is 11.0. The van der Waals surface area contributed by atoms with Crippen molar-refractivity contribution in [3.8, 4) is 0 Å². The molecule has 0 rings (SSSR count). The first-order chi connectivity index (χ1) is 18.2. The Morgan fingerprint density at radius 1 is 0.447 bits per heavy atom. The third-order valence-electron chi connectivity index (χ3n) is 7.78. The molecule has 0 radical (unpaired) electrons. The van der Waals surface area contributed by atoms with Gasteiger partial charge in [-0.15, -0.1) is 0 Å². The molecule has 5 nitrogen and oxygen atoms in total. The van der Waals surface area contributed by atoms with Crippen molar-refractivity contribution in [2.45, 2.75) is 194 Å². The molecule has 0 heterocycles. The average molecular weight is 583 g/mol. The summed E-state index contributed by atoms with van der Waals surface area (Å²) in [6.45, 7) is 11.3. The first-order valence-corrected chi connectivity index (χ1v) is 17.7. The van der Waals surface area contributed by atoms with Crippen molar-refractivity contribution >= 4 is 17.4 Å². The molecule has 2 atom stereocenters. The van der Waals surface area contributed by atoms with Gasteiger partial charge in [-0.3, -0.25) is 0 Å². The molecule has 0 aromatic carbocycles. The molecule has 38 heavy (non-hydrogen) atoms. The van der Waals surface area contributed by atoms with Gasteiger partial charge in [-0.2, -0.15) is 9.79 Å². The van der Waals surface area contributed by atoms with E-state index in [1.165, 1.54) is 141 Å². The Labute approximate surface area is 240 Å². The van der Waals surface area contributed by atoms with Crippen LogP contribution < -0.4 is 0 Å². The summed E-state index contributed by atoms with van der Waals surface area (Å²) in [6, 6.07) is 0. The molecule has 0 bridgehead atoms. The van der Waals surface area contributed by atoms with Crippen LogP contribution in [0.5, 0.6) is 0 Å². The highest BCUT2D eigenvalue weighted by atomic mass is 31.1. The van der Waals surface area contributed by atoms with Gasteiger partial charge in [0.05, 0.1) is 5.60 Å². The Balaban J connectivity index is -0.00000185. The van der Waals surface area contributed by atoms with Crippen LogP contribution in [0.25, 0.3) is 0 Å². The van der Waals surface area contributed by atoms with Gasteiger partial charge in [-0.1, -0.05) is 176 Å². The van der Waals surface area contributed by atoms with Crippen molar-refractivity contribution in [2.24, 2.45) is 5.41 Å². The summed E-state index contributed by atoms with van der Waals surface area (Å²) in [5.74, 6) is 0. The minimum Gasteiger partial charge on any atom is -0.389 e. The zero-order valence-electron chi connectivity index (χ0n) is 26.1. The molecule has 0 spiro atoms. The van der Waals surface area contributed by atoms with Crippen LogP contribution >= 0.6 is 17.4 Å². The standard InChI is InChI=1S/C31H64O.2HO2P/c1-6-8-10-12-14-16-18-20-22-24-26-28-31(32,30(3,4)5)29-27-25-23-21-19-17-15-13-11-9-7-2;2*1-3-2/h32H,6-29H2,1-5H3;2*3H/p+2. The predicted molar refractivity (Wildman–Crippen MR) is 169 cm³/mol. The van der Waals surface area contributed by atoms with E-state index in [1.807, 2.05) is 0 Å². The maximum atomic E-state index is 11.4. The van der Waals surface area contributed by atoms with Gasteiger partial charge in [0.1, 0.15) is 0 Å². The molecule has 0 saturated carbocycles. The van der Waals surface area contributed by atoms with Crippen molar-refractivity contribution in [3.05, 3.63) is 0 Å². The van der Waals surface area contributed by atoms with Crippen molar-refractivity contribution < 1.29 is 24.0 Å². The van der Waals surface area contributed by atoms with E-state index >= 15 is 0 Å². The smallest absolute Gasteiger partial charge is 0.389 e. The first kappa shape index (κ1) is 42.5. The highest BCUT2D eigenvalue weighted by Gasteiger charge is 2.38. The summed E-state index contributed by atoms with van der Waals surface area (Å²) in [4.78, 5) is 14.1. The third-order valence-corrected chi connectivity index (χ3v) is 7.78. The van der Waals surface area contributed by atoms with Gasteiger partial charge in [0, 0.05) is 0 Å². The molecule has 0 fully saturated rings. The summed E-state index contributed by atoms with van der Waals surface area (Å²) in [6.07, 6.45) is 32.3. The fourth-order valence-electron chi connectivity index (χ4n) is 5.04. The van der Waals surface area contributed by atoms with E-state index in [4.69, 9.17) is 18.9 Å². The largest absolute Gasteiger partial charge is 0.491 e. The van der Waals surface area contributed by atoms with Crippen LogP contribution in [0.15, 0.2) is 0 Å². The van der Waals surface area contributed by atoms with Crippen LogP contribution in [-0.2, 0) is 9.13 Å². The van der Waals surface area contributed by atoms with Crippen LogP contribution in [-0.4, -0.2) is 20.5 Å². The van der Waals surface area contributed by atoms with E-state index in [0.29, 0.717) is 0 Å². The quantitative estimate of drug-likeness (QED) is 0.0777. The van der Waals surface area contributed by atoms with E-state index < -0.39 is 23.0 Å². The van der Waals surface area contributed by atoms with Crippen molar-refractivity contribution in [1.29, 1.82) is 0 Å². The van der Waals surface area contributed by atoms with Gasteiger partial charge in [0.15, 0.2) is 0 Å². The minimum absolute atomic E-state index is 0.00994. The number of aliphatic hydroxyl groups is 1. The molecule has 0 aliphatic rings. The molecular weight excluding hydrogens is 514 g/mol. The van der Waals surface area contributed by atoms with Crippen LogP contribution in [0.4, 0.5) is 0 Å². The van der Waals surface area contributed by atoms with Crippen molar-refractivity contribution in [2.75, 3.05) is 0 Å². The lowest BCUT2D eigenvalue weighted by Gasteiger charge is -2.41.